The van der Waals surface area contributed by atoms with Crippen LogP contribution < -0.4 is 5.32 Å². The summed E-state index contributed by atoms with van der Waals surface area (Å²) in [4.78, 5) is 5.74. The lowest BCUT2D eigenvalue weighted by Crippen LogP contribution is -1.94. The Morgan fingerprint density at radius 2 is 1.94 bits per heavy atom. The Hall–Kier alpha value is -1.42. The minimum absolute atomic E-state index is 0.184. The molecule has 90 valence electrons. The van der Waals surface area contributed by atoms with Gasteiger partial charge in [-0.25, -0.2) is 9.37 Å². The van der Waals surface area contributed by atoms with Crippen LogP contribution in [0.3, 0.4) is 0 Å². The standard InChI is InChI=1S/C13H15FN2S/c1-9-12(16-13(15-2)17-9)8-5-10-3-6-11(14)7-4-10/h3-4,6-7H,5,8H2,1-2H3,(H,15,16). The number of thiazole rings is 1. The van der Waals surface area contributed by atoms with E-state index in [-0.39, 0.29) is 5.82 Å². The first kappa shape index (κ1) is 12.0. The minimum atomic E-state index is -0.184. The van der Waals surface area contributed by atoms with E-state index < -0.39 is 0 Å². The molecule has 0 saturated carbocycles. The Bertz CT molecular complexity index is 491. The van der Waals surface area contributed by atoms with Crippen LogP contribution in [0.5, 0.6) is 0 Å². The third kappa shape index (κ3) is 3.03. The van der Waals surface area contributed by atoms with Gasteiger partial charge in [-0.05, 0) is 37.5 Å². The van der Waals surface area contributed by atoms with Gasteiger partial charge in [-0.15, -0.1) is 11.3 Å². The Kier molecular flexibility index (Phi) is 3.74. The van der Waals surface area contributed by atoms with E-state index in [4.69, 9.17) is 0 Å². The molecule has 1 N–H and O–H groups in total. The lowest BCUT2D eigenvalue weighted by Gasteiger charge is -2.00. The molecule has 0 amide bonds. The van der Waals surface area contributed by atoms with Gasteiger partial charge in [0.05, 0.1) is 5.69 Å². The number of nitrogens with one attached hydrogen (secondary N) is 1. The van der Waals surface area contributed by atoms with Crippen LogP contribution in [-0.4, -0.2) is 12.0 Å². The van der Waals surface area contributed by atoms with Gasteiger partial charge < -0.3 is 5.32 Å². The monoisotopic (exact) mass is 250 g/mol. The highest BCUT2D eigenvalue weighted by Gasteiger charge is 2.06. The largest absolute Gasteiger partial charge is 0.365 e. The molecule has 2 nitrogen and oxygen atoms in total. The van der Waals surface area contributed by atoms with E-state index in [0.717, 1.165) is 29.2 Å². The molecule has 0 atom stereocenters. The van der Waals surface area contributed by atoms with Crippen LogP contribution in [0.1, 0.15) is 16.1 Å². The van der Waals surface area contributed by atoms with Crippen molar-refractivity contribution in [2.24, 2.45) is 0 Å². The highest BCUT2D eigenvalue weighted by atomic mass is 32.1. The fourth-order valence-electron chi connectivity index (χ4n) is 1.68. The lowest BCUT2D eigenvalue weighted by atomic mass is 10.1. The summed E-state index contributed by atoms with van der Waals surface area (Å²) < 4.78 is 12.7. The first-order valence-corrected chi connectivity index (χ1v) is 6.39. The van der Waals surface area contributed by atoms with Gasteiger partial charge in [0.1, 0.15) is 5.82 Å². The van der Waals surface area contributed by atoms with Gasteiger partial charge in [0.15, 0.2) is 5.13 Å². The van der Waals surface area contributed by atoms with Gasteiger partial charge in [0, 0.05) is 11.9 Å². The summed E-state index contributed by atoms with van der Waals surface area (Å²) in [7, 11) is 1.88. The average molecular weight is 250 g/mol. The molecule has 0 saturated heterocycles. The third-order valence-electron chi connectivity index (χ3n) is 2.67. The number of hydrogen-bond acceptors (Lipinski definition) is 3. The first-order valence-electron chi connectivity index (χ1n) is 5.57. The van der Waals surface area contributed by atoms with Crippen LogP contribution >= 0.6 is 11.3 Å². The third-order valence-corrected chi connectivity index (χ3v) is 3.70. The van der Waals surface area contributed by atoms with Crippen molar-refractivity contribution in [3.8, 4) is 0 Å². The highest BCUT2D eigenvalue weighted by molar-refractivity contribution is 7.15. The summed E-state index contributed by atoms with van der Waals surface area (Å²) in [6, 6.07) is 6.66. The predicted molar refractivity (Wildman–Crippen MR) is 70.2 cm³/mol. The van der Waals surface area contributed by atoms with Crippen LogP contribution in [0.15, 0.2) is 24.3 Å². The number of aromatic nitrogens is 1. The Balaban J connectivity index is 2.01. The second kappa shape index (κ2) is 5.27. The molecular formula is C13H15FN2S. The molecule has 1 aromatic carbocycles. The number of anilines is 1. The van der Waals surface area contributed by atoms with E-state index in [9.17, 15) is 4.39 Å². The zero-order chi connectivity index (χ0) is 12.3. The fourth-order valence-corrected chi connectivity index (χ4v) is 2.49. The van der Waals surface area contributed by atoms with Crippen LogP contribution in [-0.2, 0) is 12.8 Å². The van der Waals surface area contributed by atoms with E-state index >= 15 is 0 Å². The molecule has 0 fully saturated rings. The Labute approximate surface area is 105 Å². The van der Waals surface area contributed by atoms with E-state index in [1.165, 1.54) is 17.0 Å². The maximum absolute atomic E-state index is 12.7. The molecule has 0 aliphatic rings. The van der Waals surface area contributed by atoms with Crippen molar-refractivity contribution in [2.75, 3.05) is 12.4 Å². The van der Waals surface area contributed by atoms with E-state index in [1.54, 1.807) is 11.3 Å². The summed E-state index contributed by atoms with van der Waals surface area (Å²) in [6.07, 6.45) is 1.80. The molecule has 0 aliphatic heterocycles. The number of halogens is 1. The van der Waals surface area contributed by atoms with Crippen LogP contribution in [0.25, 0.3) is 0 Å². The number of rotatable bonds is 4. The molecule has 17 heavy (non-hydrogen) atoms. The van der Waals surface area contributed by atoms with Crippen molar-refractivity contribution >= 4 is 16.5 Å². The summed E-state index contributed by atoms with van der Waals surface area (Å²) >= 11 is 1.67. The normalized spacial score (nSPS) is 10.5. The fraction of sp³-hybridized carbons (Fsp3) is 0.308. The minimum Gasteiger partial charge on any atom is -0.365 e. The van der Waals surface area contributed by atoms with Crippen molar-refractivity contribution in [3.63, 3.8) is 0 Å². The zero-order valence-electron chi connectivity index (χ0n) is 9.96. The number of aryl methyl sites for hydroxylation is 3. The van der Waals surface area contributed by atoms with Gasteiger partial charge in [-0.1, -0.05) is 12.1 Å². The molecule has 4 heteroatoms. The summed E-state index contributed by atoms with van der Waals surface area (Å²) in [5.41, 5.74) is 2.27. The molecule has 0 spiro atoms. The molecule has 0 radical (unpaired) electrons. The molecule has 0 bridgehead atoms. The van der Waals surface area contributed by atoms with Crippen LogP contribution in [0.2, 0.25) is 0 Å². The van der Waals surface area contributed by atoms with Crippen molar-refractivity contribution in [2.45, 2.75) is 19.8 Å². The summed E-state index contributed by atoms with van der Waals surface area (Å²) in [5.74, 6) is -0.184. The molecule has 2 rings (SSSR count). The molecule has 2 aromatic rings. The smallest absolute Gasteiger partial charge is 0.182 e. The van der Waals surface area contributed by atoms with E-state index in [0.29, 0.717) is 0 Å². The second-order valence-electron chi connectivity index (χ2n) is 3.90. The van der Waals surface area contributed by atoms with Crippen molar-refractivity contribution in [1.82, 2.24) is 4.98 Å². The molecular weight excluding hydrogens is 235 g/mol. The van der Waals surface area contributed by atoms with Gasteiger partial charge in [-0.2, -0.15) is 0 Å². The van der Waals surface area contributed by atoms with Gasteiger partial charge in [-0.3, -0.25) is 0 Å². The van der Waals surface area contributed by atoms with Crippen LogP contribution in [0, 0.1) is 12.7 Å². The number of nitrogens with zero attached hydrogens (tertiary/aromatic N) is 1. The number of hydrogen-bond donors (Lipinski definition) is 1. The predicted octanol–water partition coefficient (Wildman–Crippen LogP) is 3.42. The van der Waals surface area contributed by atoms with Crippen molar-refractivity contribution < 1.29 is 4.39 Å². The maximum Gasteiger partial charge on any atom is 0.182 e. The average Bonchev–Trinajstić information content (AvgIpc) is 2.69. The molecule has 0 aliphatic carbocycles. The quantitative estimate of drug-likeness (QED) is 0.899. The topological polar surface area (TPSA) is 24.9 Å². The summed E-state index contributed by atoms with van der Waals surface area (Å²) in [5, 5.41) is 4.01. The maximum atomic E-state index is 12.7. The van der Waals surface area contributed by atoms with Gasteiger partial charge >= 0.3 is 0 Å². The van der Waals surface area contributed by atoms with Crippen molar-refractivity contribution in [3.05, 3.63) is 46.2 Å². The second-order valence-corrected chi connectivity index (χ2v) is 5.10. The van der Waals surface area contributed by atoms with E-state index in [2.05, 4.69) is 17.2 Å². The zero-order valence-corrected chi connectivity index (χ0v) is 10.8. The molecule has 1 aromatic heterocycles. The van der Waals surface area contributed by atoms with E-state index in [1.807, 2.05) is 19.2 Å². The SMILES string of the molecule is CNc1nc(CCc2ccc(F)cc2)c(C)s1. The summed E-state index contributed by atoms with van der Waals surface area (Å²) in [6.45, 7) is 2.08. The lowest BCUT2D eigenvalue weighted by molar-refractivity contribution is 0.627. The van der Waals surface area contributed by atoms with Crippen LogP contribution in [0.4, 0.5) is 9.52 Å². The number of benzene rings is 1. The molecule has 1 heterocycles. The molecule has 0 unspecified atom stereocenters. The van der Waals surface area contributed by atoms with Gasteiger partial charge in [0.25, 0.3) is 0 Å². The Morgan fingerprint density at radius 1 is 1.24 bits per heavy atom. The Morgan fingerprint density at radius 3 is 2.53 bits per heavy atom. The van der Waals surface area contributed by atoms with Gasteiger partial charge in [0.2, 0.25) is 0 Å². The van der Waals surface area contributed by atoms with Crippen molar-refractivity contribution in [1.29, 1.82) is 0 Å². The first-order chi connectivity index (χ1) is 8.19. The highest BCUT2D eigenvalue weighted by Crippen LogP contribution is 2.22.